The zero-order valence-electron chi connectivity index (χ0n) is 22.0. The molecule has 13 nitrogen and oxygen atoms in total. The number of methoxy groups -OCH3 is 1. The summed E-state index contributed by atoms with van der Waals surface area (Å²) in [7, 11) is 3.76. The van der Waals surface area contributed by atoms with E-state index in [0.717, 1.165) is 48.1 Å². The van der Waals surface area contributed by atoms with E-state index in [0.29, 0.717) is 19.0 Å². The first-order valence-corrected chi connectivity index (χ1v) is 12.7. The Labute approximate surface area is 226 Å². The third-order valence-electron chi connectivity index (χ3n) is 6.56. The van der Waals surface area contributed by atoms with Gasteiger partial charge in [0.05, 0.1) is 7.11 Å². The minimum absolute atomic E-state index is 0.0561. The molecule has 1 aromatic heterocycles. The van der Waals surface area contributed by atoms with Crippen molar-refractivity contribution in [2.24, 2.45) is 0 Å². The van der Waals surface area contributed by atoms with Crippen molar-refractivity contribution in [1.29, 1.82) is 0 Å². The number of piperazine rings is 1. The van der Waals surface area contributed by atoms with Crippen LogP contribution in [0.4, 0.5) is 28.3 Å². The predicted molar refractivity (Wildman–Crippen MR) is 147 cm³/mol. The lowest BCUT2D eigenvalue weighted by Crippen LogP contribution is -2.44. The Balaban J connectivity index is 1.27. The molecular weight excluding hydrogens is 500 g/mol. The first-order chi connectivity index (χ1) is 19.0. The number of urea groups is 1. The Morgan fingerprint density at radius 2 is 1.38 bits per heavy atom. The molecule has 0 bridgehead atoms. The van der Waals surface area contributed by atoms with Gasteiger partial charge in [0.25, 0.3) is 5.91 Å². The zero-order valence-corrected chi connectivity index (χ0v) is 22.0. The number of benzene rings is 2. The van der Waals surface area contributed by atoms with Crippen molar-refractivity contribution in [3.05, 3.63) is 59.7 Å². The third kappa shape index (κ3) is 6.62. The molecule has 3 heterocycles. The molecule has 13 heteroatoms. The van der Waals surface area contributed by atoms with Gasteiger partial charge in [-0.05, 0) is 42.4 Å². The lowest BCUT2D eigenvalue weighted by atomic mass is 10.2. The highest BCUT2D eigenvalue weighted by molar-refractivity contribution is 6.02. The summed E-state index contributed by atoms with van der Waals surface area (Å²) in [6.45, 7) is 4.97. The minimum Gasteiger partial charge on any atom is -0.497 e. The first kappa shape index (κ1) is 26.0. The maximum absolute atomic E-state index is 12.1. The maximum Gasteiger partial charge on any atom is 0.343 e. The summed E-state index contributed by atoms with van der Waals surface area (Å²) in [6, 6.07) is 15.5. The molecule has 2 aliphatic rings. The van der Waals surface area contributed by atoms with E-state index in [1.165, 1.54) is 5.69 Å². The standard InChI is InChI=1S/C26H32N10O3/c1-34-11-13-35(14-12-34)20-7-3-18(4-8-20)15-27-23-30-24(28-16-19-5-9-21(39-2)10-6-19)32-25(31-23)33-36-22(37)17-29-26(36)38/h3-10H,11-17H2,1-2H3,(H,29,38)(H3,27,28,30,31,32,33). The molecule has 4 N–H and O–H groups in total. The molecular formula is C26H32N10O3. The van der Waals surface area contributed by atoms with Crippen LogP contribution in [0.1, 0.15) is 11.1 Å². The van der Waals surface area contributed by atoms with Gasteiger partial charge in [0.15, 0.2) is 0 Å². The highest BCUT2D eigenvalue weighted by Gasteiger charge is 2.29. The molecule has 2 fully saturated rings. The van der Waals surface area contributed by atoms with Crippen LogP contribution in [-0.2, 0) is 17.9 Å². The summed E-state index contributed by atoms with van der Waals surface area (Å²) >= 11 is 0. The number of anilines is 4. The number of likely N-dealkylation sites (N-methyl/N-ethyl adjacent to an activating group) is 1. The quantitative estimate of drug-likeness (QED) is 0.284. The van der Waals surface area contributed by atoms with Gasteiger partial charge in [-0.15, -0.1) is 0 Å². The normalized spacial score (nSPS) is 15.7. The number of hydrazine groups is 1. The average Bonchev–Trinajstić information content (AvgIpc) is 3.28. The second-order valence-electron chi connectivity index (χ2n) is 9.32. The summed E-state index contributed by atoms with van der Waals surface area (Å²) in [5.41, 5.74) is 5.94. The molecule has 0 radical (unpaired) electrons. The van der Waals surface area contributed by atoms with Crippen molar-refractivity contribution in [2.75, 3.05) is 67.8 Å². The number of ether oxygens (including phenoxy) is 1. The van der Waals surface area contributed by atoms with Crippen LogP contribution in [-0.4, -0.2) is 83.7 Å². The van der Waals surface area contributed by atoms with E-state index in [9.17, 15) is 9.59 Å². The van der Waals surface area contributed by atoms with Crippen molar-refractivity contribution >= 4 is 35.5 Å². The summed E-state index contributed by atoms with van der Waals surface area (Å²) in [4.78, 5) is 42.0. The predicted octanol–water partition coefficient (Wildman–Crippen LogP) is 1.73. The van der Waals surface area contributed by atoms with E-state index in [4.69, 9.17) is 4.74 Å². The number of imide groups is 1. The Morgan fingerprint density at radius 3 is 1.92 bits per heavy atom. The topological polar surface area (TPSA) is 140 Å². The van der Waals surface area contributed by atoms with Crippen molar-refractivity contribution < 1.29 is 14.3 Å². The van der Waals surface area contributed by atoms with Gasteiger partial charge < -0.3 is 30.5 Å². The largest absolute Gasteiger partial charge is 0.497 e. The van der Waals surface area contributed by atoms with Crippen LogP contribution in [0.2, 0.25) is 0 Å². The van der Waals surface area contributed by atoms with Crippen molar-refractivity contribution in [3.63, 3.8) is 0 Å². The number of nitrogens with one attached hydrogen (secondary N) is 4. The number of nitrogens with zero attached hydrogens (tertiary/aromatic N) is 6. The molecule has 2 saturated heterocycles. The van der Waals surface area contributed by atoms with Crippen molar-refractivity contribution in [2.45, 2.75) is 13.1 Å². The number of carbonyl (C=O) groups excluding carboxylic acids is 2. The number of rotatable bonds is 10. The second-order valence-corrected chi connectivity index (χ2v) is 9.32. The molecule has 39 heavy (non-hydrogen) atoms. The molecule has 0 aliphatic carbocycles. The summed E-state index contributed by atoms with van der Waals surface area (Å²) in [6.07, 6.45) is 0. The van der Waals surface area contributed by atoms with E-state index < -0.39 is 11.9 Å². The van der Waals surface area contributed by atoms with Crippen LogP contribution < -0.4 is 31.0 Å². The lowest BCUT2D eigenvalue weighted by Gasteiger charge is -2.34. The Bertz CT molecular complexity index is 1280. The third-order valence-corrected chi connectivity index (χ3v) is 6.56. The van der Waals surface area contributed by atoms with Gasteiger partial charge in [-0.25, -0.2) is 4.79 Å². The number of hydrogen-bond donors (Lipinski definition) is 4. The van der Waals surface area contributed by atoms with Gasteiger partial charge >= 0.3 is 6.03 Å². The molecule has 2 aromatic carbocycles. The van der Waals surface area contributed by atoms with Crippen LogP contribution in [0, 0.1) is 0 Å². The van der Waals surface area contributed by atoms with Gasteiger partial charge in [-0.1, -0.05) is 24.3 Å². The lowest BCUT2D eigenvalue weighted by molar-refractivity contribution is -0.124. The van der Waals surface area contributed by atoms with Crippen LogP contribution >= 0.6 is 0 Å². The molecule has 3 aromatic rings. The molecule has 3 amide bonds. The average molecular weight is 533 g/mol. The van der Waals surface area contributed by atoms with Crippen LogP contribution in [0.15, 0.2) is 48.5 Å². The zero-order chi connectivity index (χ0) is 27.2. The van der Waals surface area contributed by atoms with E-state index in [2.05, 4.69) is 77.4 Å². The summed E-state index contributed by atoms with van der Waals surface area (Å²) < 4.78 is 5.21. The number of hydrogen-bond acceptors (Lipinski definition) is 11. The highest BCUT2D eigenvalue weighted by Crippen LogP contribution is 2.19. The number of aromatic nitrogens is 3. The second kappa shape index (κ2) is 11.8. The van der Waals surface area contributed by atoms with E-state index in [1.54, 1.807) is 7.11 Å². The Morgan fingerprint density at radius 1 is 0.821 bits per heavy atom. The van der Waals surface area contributed by atoms with E-state index in [1.807, 2.05) is 24.3 Å². The fourth-order valence-corrected chi connectivity index (χ4v) is 4.21. The fourth-order valence-electron chi connectivity index (χ4n) is 4.21. The van der Waals surface area contributed by atoms with Crippen molar-refractivity contribution in [3.8, 4) is 5.75 Å². The maximum atomic E-state index is 12.1. The summed E-state index contributed by atoms with van der Waals surface area (Å²) in [5.74, 6) is 0.967. The molecule has 204 valence electrons. The minimum atomic E-state index is -0.567. The molecule has 2 aliphatic heterocycles. The van der Waals surface area contributed by atoms with Crippen LogP contribution in [0.25, 0.3) is 0 Å². The molecule has 0 atom stereocenters. The summed E-state index contributed by atoms with van der Waals surface area (Å²) in [5, 5.41) is 9.71. The van der Waals surface area contributed by atoms with Crippen LogP contribution in [0.3, 0.4) is 0 Å². The first-order valence-electron chi connectivity index (χ1n) is 12.7. The van der Waals surface area contributed by atoms with Gasteiger partial charge in [-0.3, -0.25) is 10.2 Å². The molecule has 5 rings (SSSR count). The molecule has 0 saturated carbocycles. The fraction of sp³-hybridized carbons (Fsp3) is 0.346. The molecule has 0 unspecified atom stereocenters. The van der Waals surface area contributed by atoms with Gasteiger partial charge in [-0.2, -0.15) is 20.0 Å². The van der Waals surface area contributed by atoms with E-state index >= 15 is 0 Å². The smallest absolute Gasteiger partial charge is 0.343 e. The highest BCUT2D eigenvalue weighted by atomic mass is 16.5. The Hall–Kier alpha value is -4.65. The number of amides is 3. The van der Waals surface area contributed by atoms with Gasteiger partial charge in [0.2, 0.25) is 17.8 Å². The van der Waals surface area contributed by atoms with Gasteiger partial charge in [0.1, 0.15) is 12.3 Å². The van der Waals surface area contributed by atoms with Gasteiger partial charge in [0, 0.05) is 45.0 Å². The Kier molecular flexibility index (Phi) is 7.87. The molecule has 0 spiro atoms. The number of carbonyl (C=O) groups is 2. The monoisotopic (exact) mass is 532 g/mol. The van der Waals surface area contributed by atoms with E-state index in [-0.39, 0.29) is 18.4 Å². The van der Waals surface area contributed by atoms with Crippen LogP contribution in [0.5, 0.6) is 5.75 Å². The SMILES string of the molecule is COc1ccc(CNc2nc(NCc3ccc(N4CCN(C)CC4)cc3)nc(NN3C(=O)CNC3=O)n2)cc1. The van der Waals surface area contributed by atoms with Crippen molar-refractivity contribution in [1.82, 2.24) is 30.2 Å².